The molecule has 4 aromatic rings. The van der Waals surface area contributed by atoms with Crippen LogP contribution in [0.3, 0.4) is 0 Å². The number of pyridine rings is 1. The van der Waals surface area contributed by atoms with Crippen molar-refractivity contribution in [1.29, 1.82) is 0 Å². The first-order valence-electron chi connectivity index (χ1n) is 10.4. The molecule has 1 aliphatic rings. The molecule has 8 nitrogen and oxygen atoms in total. The van der Waals surface area contributed by atoms with Gasteiger partial charge in [-0.15, -0.1) is 0 Å². The predicted octanol–water partition coefficient (Wildman–Crippen LogP) is 2.86. The number of aliphatic hydroxyl groups excluding tert-OH is 1. The smallest absolute Gasteiger partial charge is 0.337 e. The van der Waals surface area contributed by atoms with Gasteiger partial charge in [-0.25, -0.2) is 14.6 Å². The standard InChI is InChI=1S/C24H21ClN4O4/c1-33-23(31)16-4-2-3-15(9-16)12-28-20-7-5-17(25)10-21(20)29(24(28)32)18-6-8-22(26-11-18)27-13-19(30)14-27/h2-11,19,30H,12-14H2,1H3. The van der Waals surface area contributed by atoms with Crippen LogP contribution in [0.4, 0.5) is 5.82 Å². The van der Waals surface area contributed by atoms with Gasteiger partial charge in [0, 0.05) is 18.1 Å². The van der Waals surface area contributed by atoms with Gasteiger partial charge in [-0.1, -0.05) is 23.7 Å². The highest BCUT2D eigenvalue weighted by atomic mass is 35.5. The average Bonchev–Trinajstić information content (AvgIpc) is 3.07. The molecule has 33 heavy (non-hydrogen) atoms. The average molecular weight is 465 g/mol. The lowest BCUT2D eigenvalue weighted by Gasteiger charge is -2.36. The van der Waals surface area contributed by atoms with Gasteiger partial charge >= 0.3 is 11.7 Å². The van der Waals surface area contributed by atoms with E-state index in [1.54, 1.807) is 45.7 Å². The fraction of sp³-hybridized carbons (Fsp3) is 0.208. The maximum atomic E-state index is 13.5. The van der Waals surface area contributed by atoms with Crippen LogP contribution in [0.15, 0.2) is 65.6 Å². The number of rotatable bonds is 5. The number of hydrogen-bond acceptors (Lipinski definition) is 6. The van der Waals surface area contributed by atoms with E-state index >= 15 is 0 Å². The molecular formula is C24H21ClN4O4. The highest BCUT2D eigenvalue weighted by Gasteiger charge is 2.25. The fourth-order valence-corrected chi connectivity index (χ4v) is 4.24. The lowest BCUT2D eigenvalue weighted by Crippen LogP contribution is -2.51. The number of β-amino-alcohol motifs (C(OH)–C–C–N with tert-alkyl or cyclic N) is 1. The highest BCUT2D eigenvalue weighted by Crippen LogP contribution is 2.24. The van der Waals surface area contributed by atoms with Gasteiger partial charge in [0.15, 0.2) is 0 Å². The molecule has 0 radical (unpaired) electrons. The number of carbonyl (C=O) groups is 1. The number of halogens is 1. The van der Waals surface area contributed by atoms with Gasteiger partial charge in [0.2, 0.25) is 0 Å². The number of esters is 1. The number of ether oxygens (including phenoxy) is 1. The topological polar surface area (TPSA) is 89.6 Å². The Morgan fingerprint density at radius 3 is 2.67 bits per heavy atom. The number of aromatic nitrogens is 3. The second kappa shape index (κ2) is 8.38. The summed E-state index contributed by atoms with van der Waals surface area (Å²) in [4.78, 5) is 31.9. The summed E-state index contributed by atoms with van der Waals surface area (Å²) in [6, 6.07) is 16.0. The number of carbonyl (C=O) groups excluding carboxylic acids is 1. The zero-order chi connectivity index (χ0) is 23.1. The molecule has 0 unspecified atom stereocenters. The minimum absolute atomic E-state index is 0.246. The molecule has 0 spiro atoms. The zero-order valence-corrected chi connectivity index (χ0v) is 18.6. The van der Waals surface area contributed by atoms with Crippen LogP contribution in [0.1, 0.15) is 15.9 Å². The molecule has 2 aromatic carbocycles. The van der Waals surface area contributed by atoms with Crippen LogP contribution in [0.5, 0.6) is 0 Å². The van der Waals surface area contributed by atoms with E-state index in [1.165, 1.54) is 7.11 Å². The van der Waals surface area contributed by atoms with Crippen molar-refractivity contribution >= 4 is 34.4 Å². The number of benzene rings is 2. The number of methoxy groups -OCH3 is 1. The molecule has 1 fully saturated rings. The summed E-state index contributed by atoms with van der Waals surface area (Å²) in [6.45, 7) is 1.36. The third-order valence-electron chi connectivity index (χ3n) is 5.76. The van der Waals surface area contributed by atoms with Gasteiger partial charge < -0.3 is 14.7 Å². The molecule has 3 heterocycles. The molecule has 0 atom stereocenters. The normalized spacial score (nSPS) is 13.8. The molecule has 0 saturated carbocycles. The monoisotopic (exact) mass is 464 g/mol. The van der Waals surface area contributed by atoms with Crippen molar-refractivity contribution < 1.29 is 14.6 Å². The van der Waals surface area contributed by atoms with Gasteiger partial charge in [0.05, 0.1) is 48.2 Å². The Morgan fingerprint density at radius 1 is 1.15 bits per heavy atom. The van der Waals surface area contributed by atoms with Gasteiger partial charge in [0.1, 0.15) is 5.82 Å². The largest absolute Gasteiger partial charge is 0.465 e. The van der Waals surface area contributed by atoms with Crippen molar-refractivity contribution in [2.24, 2.45) is 0 Å². The van der Waals surface area contributed by atoms with E-state index in [2.05, 4.69) is 4.98 Å². The summed E-state index contributed by atoms with van der Waals surface area (Å²) in [6.07, 6.45) is 1.32. The van der Waals surface area contributed by atoms with Gasteiger partial charge in [-0.3, -0.25) is 9.13 Å². The molecule has 1 saturated heterocycles. The van der Waals surface area contributed by atoms with E-state index in [0.29, 0.717) is 40.4 Å². The Bertz CT molecular complexity index is 1400. The van der Waals surface area contributed by atoms with Crippen molar-refractivity contribution in [3.05, 3.63) is 87.4 Å². The molecule has 0 amide bonds. The summed E-state index contributed by atoms with van der Waals surface area (Å²) in [5, 5.41) is 10.0. The Balaban J connectivity index is 1.57. The lowest BCUT2D eigenvalue weighted by molar-refractivity contribution is 0.0600. The fourth-order valence-electron chi connectivity index (χ4n) is 4.07. The van der Waals surface area contributed by atoms with E-state index in [-0.39, 0.29) is 18.3 Å². The van der Waals surface area contributed by atoms with Crippen molar-refractivity contribution in [2.45, 2.75) is 12.6 Å². The van der Waals surface area contributed by atoms with Crippen LogP contribution in [-0.2, 0) is 11.3 Å². The second-order valence-electron chi connectivity index (χ2n) is 7.96. The first-order chi connectivity index (χ1) is 15.9. The molecule has 9 heteroatoms. The van der Waals surface area contributed by atoms with Crippen molar-refractivity contribution in [2.75, 3.05) is 25.1 Å². The summed E-state index contributed by atoms with van der Waals surface area (Å²) in [5.41, 5.74) is 2.95. The molecule has 0 aliphatic carbocycles. The van der Waals surface area contributed by atoms with E-state index < -0.39 is 5.97 Å². The minimum Gasteiger partial charge on any atom is -0.465 e. The summed E-state index contributed by atoms with van der Waals surface area (Å²) < 4.78 is 8.02. The molecule has 0 bridgehead atoms. The first-order valence-corrected chi connectivity index (χ1v) is 10.8. The third kappa shape index (κ3) is 3.88. The molecule has 5 rings (SSSR count). The highest BCUT2D eigenvalue weighted by molar-refractivity contribution is 6.31. The zero-order valence-electron chi connectivity index (χ0n) is 17.8. The SMILES string of the molecule is COC(=O)c1cccc(Cn2c(=O)n(-c3ccc(N4CC(O)C4)nc3)c3cc(Cl)ccc32)c1. The van der Waals surface area contributed by atoms with Crippen molar-refractivity contribution in [3.8, 4) is 5.69 Å². The van der Waals surface area contributed by atoms with E-state index in [9.17, 15) is 14.7 Å². The summed E-state index contributed by atoms with van der Waals surface area (Å²) >= 11 is 6.26. The third-order valence-corrected chi connectivity index (χ3v) is 5.99. The quantitative estimate of drug-likeness (QED) is 0.457. The van der Waals surface area contributed by atoms with Crippen LogP contribution in [0.25, 0.3) is 16.7 Å². The van der Waals surface area contributed by atoms with Crippen LogP contribution in [0.2, 0.25) is 5.02 Å². The number of fused-ring (bicyclic) bond motifs is 1. The van der Waals surface area contributed by atoms with Crippen LogP contribution < -0.4 is 10.6 Å². The number of aliphatic hydroxyl groups is 1. The molecule has 1 N–H and O–H groups in total. The second-order valence-corrected chi connectivity index (χ2v) is 8.40. The number of imidazole rings is 1. The van der Waals surface area contributed by atoms with Crippen molar-refractivity contribution in [3.63, 3.8) is 0 Å². The number of nitrogens with zero attached hydrogens (tertiary/aromatic N) is 4. The van der Waals surface area contributed by atoms with Crippen LogP contribution >= 0.6 is 11.6 Å². The summed E-state index contributed by atoms with van der Waals surface area (Å²) in [5.74, 6) is 0.317. The number of hydrogen-bond donors (Lipinski definition) is 1. The van der Waals surface area contributed by atoms with E-state index in [0.717, 1.165) is 11.4 Å². The maximum Gasteiger partial charge on any atom is 0.337 e. The van der Waals surface area contributed by atoms with Gasteiger partial charge in [-0.2, -0.15) is 0 Å². The summed E-state index contributed by atoms with van der Waals surface area (Å²) in [7, 11) is 1.33. The lowest BCUT2D eigenvalue weighted by atomic mass is 10.1. The first kappa shape index (κ1) is 21.2. The van der Waals surface area contributed by atoms with Crippen LogP contribution in [-0.4, -0.2) is 51.5 Å². The van der Waals surface area contributed by atoms with Gasteiger partial charge in [0.25, 0.3) is 0 Å². The Kier molecular flexibility index (Phi) is 5.39. The van der Waals surface area contributed by atoms with Crippen molar-refractivity contribution in [1.82, 2.24) is 14.1 Å². The maximum absolute atomic E-state index is 13.5. The molecular weight excluding hydrogens is 444 g/mol. The Labute approximate surface area is 194 Å². The van der Waals surface area contributed by atoms with Gasteiger partial charge in [-0.05, 0) is 48.0 Å². The minimum atomic E-state index is -0.431. The number of anilines is 1. The molecule has 2 aromatic heterocycles. The molecule has 1 aliphatic heterocycles. The van der Waals surface area contributed by atoms with Crippen LogP contribution in [0, 0.1) is 0 Å². The molecule has 168 valence electrons. The Morgan fingerprint density at radius 2 is 1.97 bits per heavy atom. The van der Waals surface area contributed by atoms with E-state index in [4.69, 9.17) is 16.3 Å². The van der Waals surface area contributed by atoms with E-state index in [1.807, 2.05) is 29.2 Å². The Hall–Kier alpha value is -3.62. The predicted molar refractivity (Wildman–Crippen MR) is 125 cm³/mol.